The first-order valence-electron chi connectivity index (χ1n) is 3.96. The molecule has 0 fully saturated rings. The molecule has 72 valence electrons. The second-order valence-electron chi connectivity index (χ2n) is 2.76. The Hall–Kier alpha value is -1.19. The number of aliphatic hydroxyl groups excluding tert-OH is 1. The molecule has 1 rings (SSSR count). The number of carbonyl (C=O) groups is 1. The van der Waals surface area contributed by atoms with Gasteiger partial charge in [0, 0.05) is 6.42 Å². The Balaban J connectivity index is 0.000000671. The number of rotatable bonds is 2. The van der Waals surface area contributed by atoms with E-state index in [1.54, 1.807) is 0 Å². The van der Waals surface area contributed by atoms with Crippen molar-refractivity contribution >= 4 is 6.79 Å². The lowest BCUT2D eigenvalue weighted by molar-refractivity contribution is -0.0979. The molecular weight excluding hydrogens is 166 g/mol. The van der Waals surface area contributed by atoms with Gasteiger partial charge in [0.25, 0.3) is 0 Å². The van der Waals surface area contributed by atoms with Crippen LogP contribution in [0, 0.1) is 6.92 Å². The molecule has 3 nitrogen and oxygen atoms in total. The van der Waals surface area contributed by atoms with E-state index in [-0.39, 0.29) is 0 Å². The zero-order valence-electron chi connectivity index (χ0n) is 7.73. The van der Waals surface area contributed by atoms with Gasteiger partial charge in [0.1, 0.15) is 13.0 Å². The number of nitrogens with two attached hydrogens (primary N) is 1. The molecule has 1 atom stereocenters. The monoisotopic (exact) mass is 181 g/mol. The van der Waals surface area contributed by atoms with Crippen LogP contribution in [0.2, 0.25) is 0 Å². The fourth-order valence-corrected chi connectivity index (χ4v) is 0.966. The highest BCUT2D eigenvalue weighted by Gasteiger charge is 1.97. The molecule has 0 spiro atoms. The topological polar surface area (TPSA) is 63.3 Å². The Labute approximate surface area is 78.2 Å². The summed E-state index contributed by atoms with van der Waals surface area (Å²) in [6.45, 7) is 4.03. The molecule has 0 aliphatic rings. The minimum absolute atomic E-state index is 0.528. The average Bonchev–Trinajstić information content (AvgIpc) is 2.12. The second-order valence-corrected chi connectivity index (χ2v) is 2.76. The SMILES string of the molecule is C=O.Cc1ccc(CC(N)O)cc1. The van der Waals surface area contributed by atoms with Gasteiger partial charge in [-0.2, -0.15) is 0 Å². The van der Waals surface area contributed by atoms with Crippen LogP contribution in [-0.2, 0) is 11.2 Å². The minimum atomic E-state index is -0.738. The Morgan fingerprint density at radius 3 is 2.23 bits per heavy atom. The van der Waals surface area contributed by atoms with Crippen LogP contribution < -0.4 is 5.73 Å². The Morgan fingerprint density at radius 2 is 1.85 bits per heavy atom. The highest BCUT2D eigenvalue weighted by Crippen LogP contribution is 2.03. The first-order chi connectivity index (χ1) is 6.18. The maximum Gasteiger partial charge on any atom is 0.106 e. The van der Waals surface area contributed by atoms with Gasteiger partial charge in [-0.05, 0) is 12.5 Å². The third-order valence-corrected chi connectivity index (χ3v) is 1.57. The van der Waals surface area contributed by atoms with Crippen molar-refractivity contribution in [1.29, 1.82) is 0 Å². The minimum Gasteiger partial charge on any atom is -0.378 e. The standard InChI is InChI=1S/C9H13NO.CH2O/c1-7-2-4-8(5-3-7)6-9(10)11;1-2/h2-5,9,11H,6,10H2,1H3;1H2. The van der Waals surface area contributed by atoms with Crippen molar-refractivity contribution < 1.29 is 9.90 Å². The van der Waals surface area contributed by atoms with E-state index in [0.29, 0.717) is 6.42 Å². The maximum absolute atomic E-state index is 8.85. The van der Waals surface area contributed by atoms with Gasteiger partial charge in [-0.25, -0.2) is 0 Å². The first-order valence-corrected chi connectivity index (χ1v) is 3.96. The van der Waals surface area contributed by atoms with Gasteiger partial charge in [-0.15, -0.1) is 0 Å². The van der Waals surface area contributed by atoms with Crippen LogP contribution in [0.1, 0.15) is 11.1 Å². The van der Waals surface area contributed by atoms with Crippen molar-refractivity contribution in [2.75, 3.05) is 0 Å². The molecule has 0 saturated heterocycles. The van der Waals surface area contributed by atoms with Gasteiger partial charge in [0.15, 0.2) is 0 Å². The van der Waals surface area contributed by atoms with E-state index in [2.05, 4.69) is 0 Å². The van der Waals surface area contributed by atoms with Gasteiger partial charge < -0.3 is 15.6 Å². The molecule has 3 heteroatoms. The number of benzene rings is 1. The van der Waals surface area contributed by atoms with Crippen LogP contribution in [0.25, 0.3) is 0 Å². The molecule has 13 heavy (non-hydrogen) atoms. The largest absolute Gasteiger partial charge is 0.378 e. The third kappa shape index (κ3) is 5.11. The van der Waals surface area contributed by atoms with E-state index in [4.69, 9.17) is 15.6 Å². The Morgan fingerprint density at radius 1 is 1.38 bits per heavy atom. The summed E-state index contributed by atoms with van der Waals surface area (Å²) in [5, 5.41) is 8.85. The molecule has 0 amide bonds. The lowest BCUT2D eigenvalue weighted by atomic mass is 10.1. The van der Waals surface area contributed by atoms with E-state index < -0.39 is 6.23 Å². The van der Waals surface area contributed by atoms with E-state index in [1.165, 1.54) is 5.56 Å². The van der Waals surface area contributed by atoms with Crippen LogP contribution in [-0.4, -0.2) is 18.1 Å². The lowest BCUT2D eigenvalue weighted by Crippen LogP contribution is -2.21. The zero-order valence-corrected chi connectivity index (χ0v) is 7.73. The number of aryl methyl sites for hydroxylation is 1. The molecule has 1 aromatic rings. The summed E-state index contributed by atoms with van der Waals surface area (Å²) in [6.07, 6.45) is -0.210. The van der Waals surface area contributed by atoms with Crippen molar-refractivity contribution in [3.05, 3.63) is 35.4 Å². The summed E-state index contributed by atoms with van der Waals surface area (Å²) >= 11 is 0. The van der Waals surface area contributed by atoms with Crippen molar-refractivity contribution in [2.24, 2.45) is 5.73 Å². The van der Waals surface area contributed by atoms with Crippen LogP contribution in [0.3, 0.4) is 0 Å². The van der Waals surface area contributed by atoms with Crippen LogP contribution in [0.4, 0.5) is 0 Å². The number of aliphatic hydroxyl groups is 1. The maximum atomic E-state index is 8.85. The number of hydrogen-bond acceptors (Lipinski definition) is 3. The van der Waals surface area contributed by atoms with Gasteiger partial charge >= 0.3 is 0 Å². The molecule has 0 heterocycles. The highest BCUT2D eigenvalue weighted by atomic mass is 16.3. The first kappa shape index (κ1) is 11.8. The lowest BCUT2D eigenvalue weighted by Gasteiger charge is -2.03. The highest BCUT2D eigenvalue weighted by molar-refractivity contribution is 5.21. The van der Waals surface area contributed by atoms with Crippen LogP contribution in [0.5, 0.6) is 0 Å². The van der Waals surface area contributed by atoms with E-state index in [9.17, 15) is 0 Å². The summed E-state index contributed by atoms with van der Waals surface area (Å²) in [4.78, 5) is 8.00. The van der Waals surface area contributed by atoms with E-state index in [1.807, 2.05) is 38.0 Å². The van der Waals surface area contributed by atoms with Crippen LogP contribution >= 0.6 is 0 Å². The summed E-state index contributed by atoms with van der Waals surface area (Å²) in [6, 6.07) is 7.98. The van der Waals surface area contributed by atoms with E-state index >= 15 is 0 Å². The molecular formula is C10H15NO2. The predicted molar refractivity (Wildman–Crippen MR) is 52.2 cm³/mol. The third-order valence-electron chi connectivity index (χ3n) is 1.57. The smallest absolute Gasteiger partial charge is 0.106 e. The van der Waals surface area contributed by atoms with E-state index in [0.717, 1.165) is 5.56 Å². The molecule has 0 radical (unpaired) electrons. The fraction of sp³-hybridized carbons (Fsp3) is 0.300. The quantitative estimate of drug-likeness (QED) is 0.658. The molecule has 1 aromatic carbocycles. The normalized spacial score (nSPS) is 11.3. The van der Waals surface area contributed by atoms with Gasteiger partial charge in [0.2, 0.25) is 0 Å². The van der Waals surface area contributed by atoms with Gasteiger partial charge in [-0.3, -0.25) is 0 Å². The molecule has 1 unspecified atom stereocenters. The molecule has 0 saturated carbocycles. The van der Waals surface area contributed by atoms with Crippen LogP contribution in [0.15, 0.2) is 24.3 Å². The molecule has 0 aliphatic heterocycles. The summed E-state index contributed by atoms with van der Waals surface area (Å²) in [7, 11) is 0. The number of carbonyl (C=O) groups excluding carboxylic acids is 1. The number of hydrogen-bond donors (Lipinski definition) is 2. The van der Waals surface area contributed by atoms with Gasteiger partial charge in [0.05, 0.1) is 0 Å². The summed E-state index contributed by atoms with van der Waals surface area (Å²) < 4.78 is 0. The zero-order chi connectivity index (χ0) is 10.3. The summed E-state index contributed by atoms with van der Waals surface area (Å²) in [5.41, 5.74) is 7.52. The Kier molecular flexibility index (Phi) is 5.76. The Bertz CT molecular complexity index is 231. The van der Waals surface area contributed by atoms with Crippen molar-refractivity contribution in [1.82, 2.24) is 0 Å². The van der Waals surface area contributed by atoms with Crippen molar-refractivity contribution in [3.63, 3.8) is 0 Å². The van der Waals surface area contributed by atoms with Gasteiger partial charge in [-0.1, -0.05) is 29.8 Å². The van der Waals surface area contributed by atoms with Crippen molar-refractivity contribution in [3.8, 4) is 0 Å². The van der Waals surface area contributed by atoms with Crippen molar-refractivity contribution in [2.45, 2.75) is 19.6 Å². The predicted octanol–water partition coefficient (Wildman–Crippen LogP) is 0.630. The molecule has 0 bridgehead atoms. The molecule has 0 aliphatic carbocycles. The second kappa shape index (κ2) is 6.34. The fourth-order valence-electron chi connectivity index (χ4n) is 0.966. The molecule has 0 aromatic heterocycles. The summed E-state index contributed by atoms with van der Waals surface area (Å²) in [5.74, 6) is 0. The average molecular weight is 181 g/mol. The molecule has 3 N–H and O–H groups in total.